The molecule has 0 unspecified atom stereocenters. The van der Waals surface area contributed by atoms with Gasteiger partial charge in [-0.3, -0.25) is 9.36 Å². The number of carbonyl (C=O) groups excluding carboxylic acids is 1. The van der Waals surface area contributed by atoms with Crippen LogP contribution in [0.1, 0.15) is 5.56 Å². The van der Waals surface area contributed by atoms with Crippen LogP contribution in [0.15, 0.2) is 84.0 Å². The zero-order chi connectivity index (χ0) is 23.0. The lowest BCUT2D eigenvalue weighted by atomic mass is 10.2. The standard InChI is InChI=1S/C25H24N4O3S/c1-31-21-14-12-18(13-15-21)24-27-28-25(29(24)20-9-4-3-5-10-20)33-17-23(30)26-16-19-8-6-7-11-22(19)32-2/h3-15H,16-17H2,1-2H3,(H,26,30). The summed E-state index contributed by atoms with van der Waals surface area (Å²) in [5, 5.41) is 12.4. The number of ether oxygens (including phenoxy) is 2. The summed E-state index contributed by atoms with van der Waals surface area (Å²) < 4.78 is 12.6. The van der Waals surface area contributed by atoms with E-state index in [1.165, 1.54) is 11.8 Å². The molecule has 1 N–H and O–H groups in total. The number of methoxy groups -OCH3 is 2. The first-order valence-corrected chi connectivity index (χ1v) is 11.3. The SMILES string of the molecule is COc1ccc(-c2nnc(SCC(=O)NCc3ccccc3OC)n2-c2ccccc2)cc1. The molecular formula is C25H24N4O3S. The third-order valence-corrected chi connectivity index (χ3v) is 5.93. The highest BCUT2D eigenvalue weighted by Crippen LogP contribution is 2.29. The molecule has 0 aliphatic heterocycles. The predicted octanol–water partition coefficient (Wildman–Crippen LogP) is 4.36. The average Bonchev–Trinajstić information content (AvgIpc) is 3.31. The quantitative estimate of drug-likeness (QED) is 0.374. The summed E-state index contributed by atoms with van der Waals surface area (Å²) in [5.74, 6) is 2.33. The average molecular weight is 461 g/mol. The van der Waals surface area contributed by atoms with Crippen LogP contribution >= 0.6 is 11.8 Å². The molecule has 1 amide bonds. The van der Waals surface area contributed by atoms with Crippen LogP contribution in [0.4, 0.5) is 0 Å². The molecule has 4 rings (SSSR count). The lowest BCUT2D eigenvalue weighted by molar-refractivity contribution is -0.118. The van der Waals surface area contributed by atoms with E-state index in [0.717, 1.165) is 28.3 Å². The highest BCUT2D eigenvalue weighted by Gasteiger charge is 2.17. The topological polar surface area (TPSA) is 78.3 Å². The molecule has 0 saturated carbocycles. The van der Waals surface area contributed by atoms with Gasteiger partial charge in [0.25, 0.3) is 0 Å². The van der Waals surface area contributed by atoms with E-state index < -0.39 is 0 Å². The van der Waals surface area contributed by atoms with Crippen LogP contribution in [0.2, 0.25) is 0 Å². The molecule has 0 saturated heterocycles. The molecule has 168 valence electrons. The van der Waals surface area contributed by atoms with Crippen LogP contribution in [0.5, 0.6) is 11.5 Å². The minimum absolute atomic E-state index is 0.0977. The molecule has 7 nitrogen and oxygen atoms in total. The number of amides is 1. The first-order chi connectivity index (χ1) is 16.2. The molecule has 0 fully saturated rings. The molecule has 0 aliphatic rings. The fraction of sp³-hybridized carbons (Fsp3) is 0.160. The van der Waals surface area contributed by atoms with Crippen molar-refractivity contribution >= 4 is 17.7 Å². The number of para-hydroxylation sites is 2. The van der Waals surface area contributed by atoms with Crippen molar-refractivity contribution in [3.05, 3.63) is 84.4 Å². The Kier molecular flexibility index (Phi) is 7.26. The molecule has 0 aliphatic carbocycles. The van der Waals surface area contributed by atoms with Crippen LogP contribution in [0.25, 0.3) is 17.1 Å². The Hall–Kier alpha value is -3.78. The Labute approximate surface area is 196 Å². The largest absolute Gasteiger partial charge is 0.497 e. The van der Waals surface area contributed by atoms with E-state index in [1.54, 1.807) is 14.2 Å². The van der Waals surface area contributed by atoms with Gasteiger partial charge in [0.05, 0.1) is 20.0 Å². The summed E-state index contributed by atoms with van der Waals surface area (Å²) in [6.07, 6.45) is 0. The van der Waals surface area contributed by atoms with Gasteiger partial charge in [0.2, 0.25) is 5.91 Å². The Bertz CT molecular complexity index is 1210. The van der Waals surface area contributed by atoms with E-state index in [2.05, 4.69) is 15.5 Å². The van der Waals surface area contributed by atoms with Crippen molar-refractivity contribution in [2.45, 2.75) is 11.7 Å². The number of benzene rings is 3. The Balaban J connectivity index is 1.51. The Morgan fingerprint density at radius 2 is 1.64 bits per heavy atom. The maximum absolute atomic E-state index is 12.5. The summed E-state index contributed by atoms with van der Waals surface area (Å²) in [7, 11) is 3.25. The summed E-state index contributed by atoms with van der Waals surface area (Å²) in [5.41, 5.74) is 2.75. The van der Waals surface area contributed by atoms with Gasteiger partial charge >= 0.3 is 0 Å². The summed E-state index contributed by atoms with van der Waals surface area (Å²) in [6.45, 7) is 0.395. The molecule has 0 bridgehead atoms. The highest BCUT2D eigenvalue weighted by atomic mass is 32.2. The predicted molar refractivity (Wildman–Crippen MR) is 129 cm³/mol. The molecule has 0 atom stereocenters. The van der Waals surface area contributed by atoms with E-state index in [9.17, 15) is 4.79 Å². The smallest absolute Gasteiger partial charge is 0.230 e. The number of aromatic nitrogens is 3. The van der Waals surface area contributed by atoms with Crippen LogP contribution in [-0.4, -0.2) is 40.6 Å². The number of hydrogen-bond donors (Lipinski definition) is 1. The lowest BCUT2D eigenvalue weighted by Gasteiger charge is -2.11. The van der Waals surface area contributed by atoms with Crippen molar-refractivity contribution in [3.63, 3.8) is 0 Å². The van der Waals surface area contributed by atoms with E-state index in [0.29, 0.717) is 17.5 Å². The van der Waals surface area contributed by atoms with Gasteiger partial charge < -0.3 is 14.8 Å². The molecule has 0 radical (unpaired) electrons. The number of nitrogens with one attached hydrogen (secondary N) is 1. The first kappa shape index (κ1) is 22.4. The normalized spacial score (nSPS) is 10.6. The molecule has 1 aromatic heterocycles. The van der Waals surface area contributed by atoms with Crippen molar-refractivity contribution in [3.8, 4) is 28.6 Å². The van der Waals surface area contributed by atoms with E-state index >= 15 is 0 Å². The zero-order valence-corrected chi connectivity index (χ0v) is 19.2. The van der Waals surface area contributed by atoms with E-state index in [1.807, 2.05) is 83.4 Å². The third kappa shape index (κ3) is 5.35. The summed E-state index contributed by atoms with van der Waals surface area (Å²) in [4.78, 5) is 12.5. The maximum Gasteiger partial charge on any atom is 0.230 e. The van der Waals surface area contributed by atoms with Gasteiger partial charge in [-0.15, -0.1) is 10.2 Å². The molecule has 8 heteroatoms. The fourth-order valence-electron chi connectivity index (χ4n) is 3.32. The number of carbonyl (C=O) groups is 1. The van der Waals surface area contributed by atoms with Gasteiger partial charge in [0, 0.05) is 23.4 Å². The number of rotatable bonds is 9. The molecule has 33 heavy (non-hydrogen) atoms. The fourth-order valence-corrected chi connectivity index (χ4v) is 4.11. The molecule has 0 spiro atoms. The number of thioether (sulfide) groups is 1. The van der Waals surface area contributed by atoms with Gasteiger partial charge in [-0.25, -0.2) is 0 Å². The summed E-state index contributed by atoms with van der Waals surface area (Å²) in [6, 6.07) is 25.1. The van der Waals surface area contributed by atoms with Crippen LogP contribution in [0, 0.1) is 0 Å². The Morgan fingerprint density at radius 1 is 0.909 bits per heavy atom. The number of hydrogen-bond acceptors (Lipinski definition) is 6. The van der Waals surface area contributed by atoms with Crippen LogP contribution < -0.4 is 14.8 Å². The lowest BCUT2D eigenvalue weighted by Crippen LogP contribution is -2.25. The molecule has 1 heterocycles. The van der Waals surface area contributed by atoms with E-state index in [4.69, 9.17) is 9.47 Å². The van der Waals surface area contributed by atoms with Gasteiger partial charge in [-0.05, 0) is 42.5 Å². The van der Waals surface area contributed by atoms with Crippen LogP contribution in [0.3, 0.4) is 0 Å². The van der Waals surface area contributed by atoms with Crippen molar-refractivity contribution in [2.75, 3.05) is 20.0 Å². The van der Waals surface area contributed by atoms with Crippen molar-refractivity contribution < 1.29 is 14.3 Å². The van der Waals surface area contributed by atoms with Gasteiger partial charge in [0.15, 0.2) is 11.0 Å². The van der Waals surface area contributed by atoms with Crippen molar-refractivity contribution in [1.29, 1.82) is 0 Å². The van der Waals surface area contributed by atoms with Gasteiger partial charge in [-0.2, -0.15) is 0 Å². The second-order valence-electron chi connectivity index (χ2n) is 7.08. The molecule has 3 aromatic carbocycles. The first-order valence-electron chi connectivity index (χ1n) is 10.4. The summed E-state index contributed by atoms with van der Waals surface area (Å²) >= 11 is 1.34. The van der Waals surface area contributed by atoms with E-state index in [-0.39, 0.29) is 11.7 Å². The molecule has 4 aromatic rings. The van der Waals surface area contributed by atoms with Crippen LogP contribution in [-0.2, 0) is 11.3 Å². The molecular weight excluding hydrogens is 436 g/mol. The second-order valence-corrected chi connectivity index (χ2v) is 8.03. The van der Waals surface area contributed by atoms with Gasteiger partial charge in [-0.1, -0.05) is 48.2 Å². The third-order valence-electron chi connectivity index (χ3n) is 5.00. The highest BCUT2D eigenvalue weighted by molar-refractivity contribution is 7.99. The van der Waals surface area contributed by atoms with Gasteiger partial charge in [0.1, 0.15) is 11.5 Å². The maximum atomic E-state index is 12.5. The minimum Gasteiger partial charge on any atom is -0.497 e. The van der Waals surface area contributed by atoms with Crippen molar-refractivity contribution in [2.24, 2.45) is 0 Å². The van der Waals surface area contributed by atoms with Crippen molar-refractivity contribution in [1.82, 2.24) is 20.1 Å². The minimum atomic E-state index is -0.0977. The second kappa shape index (κ2) is 10.7. The Morgan fingerprint density at radius 3 is 2.36 bits per heavy atom. The number of nitrogens with zero attached hydrogens (tertiary/aromatic N) is 3. The monoisotopic (exact) mass is 460 g/mol. The zero-order valence-electron chi connectivity index (χ0n) is 18.4.